The lowest BCUT2D eigenvalue weighted by molar-refractivity contribution is -0.154. The van der Waals surface area contributed by atoms with E-state index in [-0.39, 0.29) is 24.7 Å². The highest BCUT2D eigenvalue weighted by molar-refractivity contribution is 5.92. The van der Waals surface area contributed by atoms with Crippen LogP contribution in [0.3, 0.4) is 0 Å². The summed E-state index contributed by atoms with van der Waals surface area (Å²) in [5.74, 6) is -2.52. The van der Waals surface area contributed by atoms with Gasteiger partial charge in [0.2, 0.25) is 0 Å². The molecule has 0 saturated carbocycles. The predicted octanol–water partition coefficient (Wildman–Crippen LogP) is 3.28. The molecule has 0 aromatic heterocycles. The van der Waals surface area contributed by atoms with Crippen molar-refractivity contribution in [3.8, 4) is 0 Å². The Labute approximate surface area is 178 Å². The van der Waals surface area contributed by atoms with Crippen LogP contribution in [0.2, 0.25) is 0 Å². The number of esters is 4. The van der Waals surface area contributed by atoms with E-state index in [2.05, 4.69) is 0 Å². The molecule has 0 aliphatic heterocycles. The molecule has 0 N–H and O–H groups in total. The molecule has 0 amide bonds. The Morgan fingerprint density at radius 3 is 1.47 bits per heavy atom. The van der Waals surface area contributed by atoms with Gasteiger partial charge < -0.3 is 18.9 Å². The van der Waals surface area contributed by atoms with E-state index >= 15 is 0 Å². The molecule has 30 heavy (non-hydrogen) atoms. The molecule has 0 saturated heterocycles. The van der Waals surface area contributed by atoms with Gasteiger partial charge in [-0.3, -0.25) is 0 Å². The SMILES string of the molecule is CCC(CC)CC(COC(=O)/C=C/C(=O)OC(C)C)OC(=O)/C=C/C(=O)OC(C)C. The van der Waals surface area contributed by atoms with Gasteiger partial charge in [-0.25, -0.2) is 19.2 Å². The first-order valence-corrected chi connectivity index (χ1v) is 10.2. The third-order valence-corrected chi connectivity index (χ3v) is 3.86. The van der Waals surface area contributed by atoms with Gasteiger partial charge in [0.15, 0.2) is 0 Å². The minimum Gasteiger partial charge on any atom is -0.460 e. The smallest absolute Gasteiger partial charge is 0.331 e. The second-order valence-corrected chi connectivity index (χ2v) is 7.25. The van der Waals surface area contributed by atoms with E-state index in [0.29, 0.717) is 6.42 Å². The number of hydrogen-bond donors (Lipinski definition) is 0. The maximum absolute atomic E-state index is 12.0. The molecule has 0 bridgehead atoms. The van der Waals surface area contributed by atoms with Crippen molar-refractivity contribution in [2.45, 2.75) is 79.1 Å². The Kier molecular flexibility index (Phi) is 13.9. The van der Waals surface area contributed by atoms with Crippen LogP contribution in [0.1, 0.15) is 60.8 Å². The molecular weight excluding hydrogens is 392 g/mol. The van der Waals surface area contributed by atoms with Gasteiger partial charge >= 0.3 is 23.9 Å². The molecule has 0 aromatic rings. The highest BCUT2D eigenvalue weighted by Gasteiger charge is 2.20. The Bertz CT molecular complexity index is 615. The fourth-order valence-corrected chi connectivity index (χ4v) is 2.39. The van der Waals surface area contributed by atoms with Crippen LogP contribution >= 0.6 is 0 Å². The van der Waals surface area contributed by atoms with Gasteiger partial charge in [-0.15, -0.1) is 0 Å². The number of hydrogen-bond acceptors (Lipinski definition) is 8. The summed E-state index contributed by atoms with van der Waals surface area (Å²) in [5.41, 5.74) is 0. The molecule has 1 unspecified atom stereocenters. The van der Waals surface area contributed by atoms with Crippen molar-refractivity contribution in [2.24, 2.45) is 5.92 Å². The topological polar surface area (TPSA) is 105 Å². The van der Waals surface area contributed by atoms with Crippen molar-refractivity contribution >= 4 is 23.9 Å². The summed E-state index contributed by atoms with van der Waals surface area (Å²) >= 11 is 0. The molecule has 0 radical (unpaired) electrons. The molecule has 0 spiro atoms. The van der Waals surface area contributed by atoms with Crippen LogP contribution < -0.4 is 0 Å². The molecule has 0 aromatic carbocycles. The molecule has 0 aliphatic rings. The standard InChI is InChI=1S/C22H34O8/c1-7-17(8-2)13-18(30-22(26)12-11-21(25)29-16(5)6)14-27-19(23)9-10-20(24)28-15(3)4/h9-12,15-18H,7-8,13-14H2,1-6H3/b10-9+,12-11+. The van der Waals surface area contributed by atoms with Crippen LogP contribution in [0.4, 0.5) is 0 Å². The normalized spacial score (nSPS) is 12.6. The summed E-state index contributed by atoms with van der Waals surface area (Å²) in [7, 11) is 0. The van der Waals surface area contributed by atoms with E-state index < -0.39 is 30.0 Å². The van der Waals surface area contributed by atoms with Gasteiger partial charge in [-0.2, -0.15) is 0 Å². The molecule has 170 valence electrons. The first-order chi connectivity index (χ1) is 14.1. The summed E-state index contributed by atoms with van der Waals surface area (Å²) in [4.78, 5) is 46.8. The number of ether oxygens (including phenoxy) is 4. The van der Waals surface area contributed by atoms with E-state index in [1.165, 1.54) is 0 Å². The average Bonchev–Trinajstić information content (AvgIpc) is 2.65. The van der Waals surface area contributed by atoms with E-state index in [0.717, 1.165) is 37.1 Å². The third-order valence-electron chi connectivity index (χ3n) is 3.86. The molecule has 8 nitrogen and oxygen atoms in total. The predicted molar refractivity (Wildman–Crippen MR) is 110 cm³/mol. The quantitative estimate of drug-likeness (QED) is 0.251. The van der Waals surface area contributed by atoms with Gasteiger partial charge in [-0.1, -0.05) is 26.7 Å². The van der Waals surface area contributed by atoms with Crippen LogP contribution in [0, 0.1) is 5.92 Å². The average molecular weight is 427 g/mol. The van der Waals surface area contributed by atoms with Crippen LogP contribution in [-0.2, 0) is 38.1 Å². The van der Waals surface area contributed by atoms with Crippen LogP contribution in [-0.4, -0.2) is 48.8 Å². The van der Waals surface area contributed by atoms with Crippen molar-refractivity contribution < 1.29 is 38.1 Å². The van der Waals surface area contributed by atoms with Crippen LogP contribution in [0.15, 0.2) is 24.3 Å². The van der Waals surface area contributed by atoms with E-state index in [1.54, 1.807) is 27.7 Å². The Hall–Kier alpha value is -2.64. The lowest BCUT2D eigenvalue weighted by Crippen LogP contribution is -2.27. The Balaban J connectivity index is 4.85. The van der Waals surface area contributed by atoms with Crippen LogP contribution in [0.25, 0.3) is 0 Å². The lowest BCUT2D eigenvalue weighted by atomic mass is 9.96. The van der Waals surface area contributed by atoms with E-state index in [1.807, 2.05) is 13.8 Å². The minimum atomic E-state index is -0.752. The lowest BCUT2D eigenvalue weighted by Gasteiger charge is -2.21. The molecule has 8 heteroatoms. The highest BCUT2D eigenvalue weighted by atomic mass is 16.6. The highest BCUT2D eigenvalue weighted by Crippen LogP contribution is 2.17. The largest absolute Gasteiger partial charge is 0.460 e. The van der Waals surface area contributed by atoms with E-state index in [9.17, 15) is 19.2 Å². The molecule has 0 rings (SSSR count). The van der Waals surface area contributed by atoms with Crippen molar-refractivity contribution in [1.82, 2.24) is 0 Å². The summed E-state index contributed by atoms with van der Waals surface area (Å²) in [5, 5.41) is 0. The van der Waals surface area contributed by atoms with Crippen molar-refractivity contribution in [3.05, 3.63) is 24.3 Å². The zero-order valence-corrected chi connectivity index (χ0v) is 18.7. The monoisotopic (exact) mass is 426 g/mol. The number of rotatable bonds is 13. The van der Waals surface area contributed by atoms with Crippen molar-refractivity contribution in [3.63, 3.8) is 0 Å². The molecule has 0 fully saturated rings. The van der Waals surface area contributed by atoms with Gasteiger partial charge in [0.1, 0.15) is 12.7 Å². The molecule has 0 heterocycles. The van der Waals surface area contributed by atoms with Crippen molar-refractivity contribution in [1.29, 1.82) is 0 Å². The Morgan fingerprint density at radius 2 is 1.07 bits per heavy atom. The second-order valence-electron chi connectivity index (χ2n) is 7.25. The van der Waals surface area contributed by atoms with Gasteiger partial charge in [0.05, 0.1) is 12.2 Å². The third kappa shape index (κ3) is 14.4. The number of carbonyl (C=O) groups excluding carboxylic acids is 4. The Morgan fingerprint density at radius 1 is 0.667 bits per heavy atom. The first kappa shape index (κ1) is 27.4. The number of carbonyl (C=O) groups is 4. The fraction of sp³-hybridized carbons (Fsp3) is 0.636. The van der Waals surface area contributed by atoms with Gasteiger partial charge in [0.25, 0.3) is 0 Å². The van der Waals surface area contributed by atoms with Gasteiger partial charge in [-0.05, 0) is 40.0 Å². The summed E-state index contributed by atoms with van der Waals surface area (Å²) < 4.78 is 20.2. The minimum absolute atomic E-state index is 0.172. The van der Waals surface area contributed by atoms with Gasteiger partial charge in [0, 0.05) is 24.3 Å². The summed E-state index contributed by atoms with van der Waals surface area (Å²) in [6.07, 6.45) is 4.86. The maximum Gasteiger partial charge on any atom is 0.331 e. The van der Waals surface area contributed by atoms with E-state index in [4.69, 9.17) is 18.9 Å². The molecular formula is C22H34O8. The first-order valence-electron chi connectivity index (χ1n) is 10.2. The fourth-order valence-electron chi connectivity index (χ4n) is 2.39. The maximum atomic E-state index is 12.0. The van der Waals surface area contributed by atoms with Crippen molar-refractivity contribution in [2.75, 3.05) is 6.61 Å². The van der Waals surface area contributed by atoms with Crippen LogP contribution in [0.5, 0.6) is 0 Å². The zero-order valence-electron chi connectivity index (χ0n) is 18.7. The zero-order chi connectivity index (χ0) is 23.1. The summed E-state index contributed by atoms with van der Waals surface area (Å²) in [6, 6.07) is 0. The molecule has 0 aliphatic carbocycles. The summed E-state index contributed by atoms with van der Waals surface area (Å²) in [6.45, 7) is 10.6. The second kappa shape index (κ2) is 15.2. The molecule has 1 atom stereocenters.